The molecule has 0 N–H and O–H groups in total. The van der Waals surface area contributed by atoms with Crippen molar-refractivity contribution in [1.82, 2.24) is 0 Å². The van der Waals surface area contributed by atoms with Gasteiger partial charge in [0.25, 0.3) is 0 Å². The van der Waals surface area contributed by atoms with E-state index in [1.165, 1.54) is 51.1 Å². The van der Waals surface area contributed by atoms with Gasteiger partial charge in [-0.15, -0.1) is 0 Å². The fourth-order valence-electron chi connectivity index (χ4n) is 6.88. The van der Waals surface area contributed by atoms with Crippen LogP contribution >= 0.6 is 15.8 Å². The van der Waals surface area contributed by atoms with Crippen molar-refractivity contribution >= 4 is 47.7 Å². The molecule has 0 saturated heterocycles. The zero-order valence-corrected chi connectivity index (χ0v) is 26.1. The third-order valence-electron chi connectivity index (χ3n) is 8.73. The Balaban J connectivity index is 1.35. The first-order chi connectivity index (χ1) is 21.4. The predicted octanol–water partition coefficient (Wildman–Crippen LogP) is 8.25. The lowest BCUT2D eigenvalue weighted by atomic mass is 9.84. The summed E-state index contributed by atoms with van der Waals surface area (Å²) in [4.78, 5) is 0. The molecule has 0 heterocycles. The number of hydrogen-bond donors (Lipinski definition) is 0. The van der Waals surface area contributed by atoms with Crippen LogP contribution < -0.4 is 31.8 Å². The van der Waals surface area contributed by atoms with Crippen LogP contribution in [0, 0.1) is 0 Å². The van der Waals surface area contributed by atoms with E-state index in [1.54, 1.807) is 11.1 Å². The minimum Gasteiger partial charge on any atom is -0.0622 e. The smallest absolute Gasteiger partial charge is 0.00863 e. The largest absolute Gasteiger partial charge is 0.0622 e. The highest BCUT2D eigenvalue weighted by molar-refractivity contribution is 7.80. The molecule has 2 unspecified atom stereocenters. The van der Waals surface area contributed by atoms with Gasteiger partial charge in [0.15, 0.2) is 0 Å². The third-order valence-corrected chi connectivity index (χ3v) is 13.8. The van der Waals surface area contributed by atoms with Gasteiger partial charge in [0.2, 0.25) is 0 Å². The maximum atomic E-state index is 2.44. The summed E-state index contributed by atoms with van der Waals surface area (Å²) in [5.74, 6) is 0.997. The van der Waals surface area contributed by atoms with E-state index in [9.17, 15) is 0 Å². The molecule has 2 heteroatoms. The molecule has 1 aliphatic carbocycles. The van der Waals surface area contributed by atoms with Crippen molar-refractivity contribution < 1.29 is 0 Å². The van der Waals surface area contributed by atoms with Crippen LogP contribution in [0.3, 0.4) is 0 Å². The van der Waals surface area contributed by atoms with Gasteiger partial charge in [-0.1, -0.05) is 176 Å². The van der Waals surface area contributed by atoms with E-state index < -0.39 is 15.8 Å². The Morgan fingerprint density at radius 2 is 0.605 bits per heavy atom. The predicted molar refractivity (Wildman–Crippen MR) is 190 cm³/mol. The number of rotatable bonds is 8. The van der Waals surface area contributed by atoms with Crippen molar-refractivity contribution in [2.75, 3.05) is 0 Å². The summed E-state index contributed by atoms with van der Waals surface area (Å²) in [6, 6.07) is 63.4. The van der Waals surface area contributed by atoms with Gasteiger partial charge in [0.1, 0.15) is 0 Å². The van der Waals surface area contributed by atoms with Gasteiger partial charge >= 0.3 is 0 Å². The maximum absolute atomic E-state index is 2.44. The zero-order valence-electron chi connectivity index (χ0n) is 24.3. The van der Waals surface area contributed by atoms with Gasteiger partial charge in [-0.3, -0.25) is 0 Å². The quantitative estimate of drug-likeness (QED) is 0.157. The Morgan fingerprint density at radius 3 is 0.930 bits per heavy atom. The van der Waals surface area contributed by atoms with Crippen LogP contribution in [0.15, 0.2) is 170 Å². The molecule has 0 spiro atoms. The Kier molecular flexibility index (Phi) is 8.60. The zero-order chi connectivity index (χ0) is 28.8. The fraction of sp³-hybridized carbons (Fsp3) is 0.122. The molecule has 0 radical (unpaired) electrons. The van der Waals surface area contributed by atoms with Gasteiger partial charge in [-0.2, -0.15) is 0 Å². The van der Waals surface area contributed by atoms with Gasteiger partial charge < -0.3 is 0 Å². The van der Waals surface area contributed by atoms with Crippen LogP contribution in [-0.4, -0.2) is 0 Å². The Hall–Kier alpha value is -3.82. The van der Waals surface area contributed by atoms with E-state index in [2.05, 4.69) is 170 Å². The lowest BCUT2D eigenvalue weighted by Gasteiger charge is -2.30. The van der Waals surface area contributed by atoms with E-state index in [0.717, 1.165) is 0 Å². The highest BCUT2D eigenvalue weighted by Crippen LogP contribution is 2.49. The average molecular weight is 591 g/mol. The van der Waals surface area contributed by atoms with E-state index in [4.69, 9.17) is 0 Å². The molecule has 7 rings (SSSR count). The minimum atomic E-state index is -0.659. The van der Waals surface area contributed by atoms with Crippen LogP contribution in [0.25, 0.3) is 0 Å². The van der Waals surface area contributed by atoms with Crippen LogP contribution in [-0.2, 0) is 0 Å². The van der Waals surface area contributed by atoms with Crippen molar-refractivity contribution in [3.05, 3.63) is 181 Å². The second-order valence-corrected chi connectivity index (χ2v) is 15.6. The first-order valence-electron chi connectivity index (χ1n) is 15.4. The summed E-state index contributed by atoms with van der Waals surface area (Å²) in [5, 5.41) is 8.70. The van der Waals surface area contributed by atoms with Gasteiger partial charge in [-0.25, -0.2) is 0 Å². The van der Waals surface area contributed by atoms with Crippen molar-refractivity contribution in [3.63, 3.8) is 0 Å². The summed E-state index contributed by atoms with van der Waals surface area (Å²) < 4.78 is 0. The van der Waals surface area contributed by atoms with Crippen LogP contribution in [0.2, 0.25) is 0 Å². The molecule has 2 atom stereocenters. The van der Waals surface area contributed by atoms with Crippen LogP contribution in [0.4, 0.5) is 0 Å². The topological polar surface area (TPSA) is 0 Å². The third kappa shape index (κ3) is 5.88. The molecule has 0 aliphatic heterocycles. The fourth-order valence-corrected chi connectivity index (χ4v) is 11.9. The van der Waals surface area contributed by atoms with Crippen molar-refractivity contribution in [2.24, 2.45) is 0 Å². The molecular formula is C41H36P2. The number of hydrogen-bond acceptors (Lipinski definition) is 0. The Bertz CT molecular complexity index is 1540. The summed E-state index contributed by atoms with van der Waals surface area (Å²) in [7, 11) is -1.32. The highest BCUT2D eigenvalue weighted by atomic mass is 31.1. The van der Waals surface area contributed by atoms with Crippen LogP contribution in [0.1, 0.15) is 42.2 Å². The molecule has 0 bridgehead atoms. The van der Waals surface area contributed by atoms with Crippen molar-refractivity contribution in [1.29, 1.82) is 0 Å². The van der Waals surface area contributed by atoms with Gasteiger partial charge in [0.05, 0.1) is 0 Å². The molecule has 210 valence electrons. The maximum Gasteiger partial charge on any atom is -0.00863 e. The first kappa shape index (κ1) is 28.0. The Morgan fingerprint density at radius 1 is 0.326 bits per heavy atom. The van der Waals surface area contributed by atoms with Gasteiger partial charge in [0, 0.05) is 0 Å². The molecule has 0 amide bonds. The lowest BCUT2D eigenvalue weighted by Crippen LogP contribution is -2.27. The molecule has 1 saturated carbocycles. The second kappa shape index (κ2) is 13.2. The van der Waals surface area contributed by atoms with Crippen molar-refractivity contribution in [3.8, 4) is 0 Å². The second-order valence-electron chi connectivity index (χ2n) is 11.3. The Labute approximate surface area is 259 Å². The summed E-state index contributed by atoms with van der Waals surface area (Å²) in [6.07, 6.45) is 3.73. The monoisotopic (exact) mass is 590 g/mol. The van der Waals surface area contributed by atoms with E-state index in [-0.39, 0.29) is 0 Å². The van der Waals surface area contributed by atoms with E-state index in [0.29, 0.717) is 11.8 Å². The van der Waals surface area contributed by atoms with Crippen molar-refractivity contribution in [2.45, 2.75) is 31.1 Å². The molecular weight excluding hydrogens is 554 g/mol. The normalized spacial score (nSPS) is 16.5. The lowest BCUT2D eigenvalue weighted by molar-refractivity contribution is 0.629. The SMILES string of the molecule is c1ccc(P(c2ccccc2)c2ccccc2C2CCCC2c2ccccc2P(c2ccccc2)c2ccccc2)cc1. The van der Waals surface area contributed by atoms with E-state index >= 15 is 0 Å². The minimum absolute atomic E-state index is 0.498. The molecule has 0 aromatic heterocycles. The molecule has 6 aromatic rings. The average Bonchev–Trinajstić information content (AvgIpc) is 3.57. The molecule has 0 nitrogen and oxygen atoms in total. The highest BCUT2D eigenvalue weighted by Gasteiger charge is 2.35. The first-order valence-corrected chi connectivity index (χ1v) is 18.0. The van der Waals surface area contributed by atoms with Gasteiger partial charge in [-0.05, 0) is 83.5 Å². The summed E-state index contributed by atoms with van der Waals surface area (Å²) in [6.45, 7) is 0. The van der Waals surface area contributed by atoms with Crippen LogP contribution in [0.5, 0.6) is 0 Å². The standard InChI is InChI=1S/C41H36P2/c1-5-18-32(19-6-1)42(33-20-7-2-8-21-33)40-30-15-13-26-38(40)36-28-17-29-37(36)39-27-14-16-31-41(39)43(34-22-9-3-10-23-34)35-24-11-4-12-25-35/h1-16,18-27,30-31,36-37H,17,28-29H2. The molecule has 1 aliphatic rings. The summed E-state index contributed by atoms with van der Waals surface area (Å²) in [5.41, 5.74) is 3.09. The molecule has 1 fully saturated rings. The summed E-state index contributed by atoms with van der Waals surface area (Å²) >= 11 is 0. The molecule has 6 aromatic carbocycles. The van der Waals surface area contributed by atoms with E-state index in [1.807, 2.05) is 0 Å². The number of benzene rings is 6. The molecule has 43 heavy (non-hydrogen) atoms.